The summed E-state index contributed by atoms with van der Waals surface area (Å²) in [6, 6.07) is 0. The van der Waals surface area contributed by atoms with Crippen LogP contribution in [-0.4, -0.2) is 45.5 Å². The van der Waals surface area contributed by atoms with E-state index < -0.39 is 0 Å². The second-order valence-electron chi connectivity index (χ2n) is 1.44. The average molecular weight is 222 g/mol. The van der Waals surface area contributed by atoms with Gasteiger partial charge in [0.1, 0.15) is 0 Å². The molecule has 0 saturated heterocycles. The first kappa shape index (κ1) is 17.5. The molecule has 0 aromatic rings. The Morgan fingerprint density at radius 3 is 1.09 bits per heavy atom. The van der Waals surface area contributed by atoms with Gasteiger partial charge in [0.2, 0.25) is 0 Å². The molecule has 0 heterocycles. The Kier molecular flexibility index (Phi) is 35.7. The summed E-state index contributed by atoms with van der Waals surface area (Å²) in [6.45, 7) is 13.7. The van der Waals surface area contributed by atoms with Crippen LogP contribution in [0, 0.1) is 13.2 Å². The minimum Gasteiger partial charge on any atom is -0.293 e. The Labute approximate surface area is 108 Å². The molecule has 56 valence electrons. The van der Waals surface area contributed by atoms with Crippen LogP contribution in [0.5, 0.6) is 0 Å². The van der Waals surface area contributed by atoms with Gasteiger partial charge in [-0.2, -0.15) is 12.2 Å². The van der Waals surface area contributed by atoms with E-state index in [0.29, 0.717) is 0 Å². The maximum Gasteiger partial charge on any atom is 2.00 e. The van der Waals surface area contributed by atoms with Gasteiger partial charge in [-0.1, -0.05) is 13.8 Å². The zero-order chi connectivity index (χ0) is 8.24. The maximum atomic E-state index is 4.93. The molecule has 0 N–H and O–H groups in total. The van der Waals surface area contributed by atoms with Gasteiger partial charge in [-0.15, -0.1) is 0 Å². The van der Waals surface area contributed by atoms with Crippen LogP contribution in [0.3, 0.4) is 0 Å². The van der Waals surface area contributed by atoms with Crippen molar-refractivity contribution in [1.82, 2.24) is 0 Å². The third-order valence-electron chi connectivity index (χ3n) is 0.607. The summed E-state index contributed by atoms with van der Waals surface area (Å²) in [5, 5.41) is 0. The van der Waals surface area contributed by atoms with E-state index in [9.17, 15) is 0 Å². The molecular weight excluding hydrogens is 208 g/mol. The standard InChI is InChI=1S/2C5H7.Sr/c2*1-3-5-4-2;/h2*1,3-5H,2H3;/q2*-1;+2. The number of hydrogen-bond acceptors (Lipinski definition) is 0. The third-order valence-corrected chi connectivity index (χ3v) is 0.607. The van der Waals surface area contributed by atoms with E-state index in [-0.39, 0.29) is 45.5 Å². The van der Waals surface area contributed by atoms with E-state index in [2.05, 4.69) is 0 Å². The monoisotopic (exact) mass is 222 g/mol. The summed E-state index contributed by atoms with van der Waals surface area (Å²) < 4.78 is 0. The first-order valence-electron chi connectivity index (χ1n) is 3.15. The molecule has 0 saturated carbocycles. The molecule has 0 aromatic heterocycles. The Bertz CT molecular complexity index is 105. The fraction of sp³-hybridized carbons (Fsp3) is 0.200. The molecule has 0 nitrogen and oxygen atoms in total. The second kappa shape index (κ2) is 22.4. The quantitative estimate of drug-likeness (QED) is 0.382. The van der Waals surface area contributed by atoms with E-state index in [1.54, 1.807) is 12.2 Å². The van der Waals surface area contributed by atoms with Gasteiger partial charge < -0.3 is 0 Å². The Morgan fingerprint density at radius 1 is 0.818 bits per heavy atom. The van der Waals surface area contributed by atoms with Gasteiger partial charge in [-0.25, -0.2) is 24.3 Å². The van der Waals surface area contributed by atoms with Crippen molar-refractivity contribution in [3.8, 4) is 0 Å². The minimum absolute atomic E-state index is 0. The molecule has 0 amide bonds. The molecule has 11 heavy (non-hydrogen) atoms. The molecule has 1 heteroatoms. The predicted molar refractivity (Wildman–Crippen MR) is 53.1 cm³/mol. The van der Waals surface area contributed by atoms with Crippen LogP contribution >= 0.6 is 0 Å². The zero-order valence-corrected chi connectivity index (χ0v) is 10.8. The van der Waals surface area contributed by atoms with Gasteiger partial charge in [-0.3, -0.25) is 13.2 Å². The zero-order valence-electron chi connectivity index (χ0n) is 7.33. The maximum absolute atomic E-state index is 4.93. The fourth-order valence-electron chi connectivity index (χ4n) is 0.222. The molecule has 0 aliphatic carbocycles. The molecule has 0 aromatic carbocycles. The van der Waals surface area contributed by atoms with Crippen molar-refractivity contribution in [3.63, 3.8) is 0 Å². The predicted octanol–water partition coefficient (Wildman–Crippen LogP) is 2.72. The van der Waals surface area contributed by atoms with Crippen molar-refractivity contribution in [2.45, 2.75) is 13.8 Å². The van der Waals surface area contributed by atoms with Crippen LogP contribution in [0.4, 0.5) is 0 Å². The molecule has 0 atom stereocenters. The van der Waals surface area contributed by atoms with E-state index >= 15 is 0 Å². The van der Waals surface area contributed by atoms with Crippen molar-refractivity contribution in [2.24, 2.45) is 0 Å². The molecule has 0 radical (unpaired) electrons. The van der Waals surface area contributed by atoms with Crippen molar-refractivity contribution < 1.29 is 0 Å². The van der Waals surface area contributed by atoms with Gasteiger partial charge in [0, 0.05) is 0 Å². The Hall–Kier alpha value is 0.441. The fourth-order valence-corrected chi connectivity index (χ4v) is 0.222. The average Bonchev–Trinajstić information content (AvgIpc) is 1.93. The third kappa shape index (κ3) is 37.7. The van der Waals surface area contributed by atoms with Crippen LogP contribution in [0.2, 0.25) is 0 Å². The van der Waals surface area contributed by atoms with E-state index in [4.69, 9.17) is 13.2 Å². The van der Waals surface area contributed by atoms with Gasteiger partial charge in [0.15, 0.2) is 0 Å². The van der Waals surface area contributed by atoms with Gasteiger partial charge >= 0.3 is 45.5 Å². The number of rotatable bonds is 2. The van der Waals surface area contributed by atoms with Gasteiger partial charge in [0.05, 0.1) is 0 Å². The van der Waals surface area contributed by atoms with E-state index in [0.717, 1.165) is 0 Å². The van der Waals surface area contributed by atoms with Crippen LogP contribution in [-0.2, 0) is 0 Å². The summed E-state index contributed by atoms with van der Waals surface area (Å²) in [6.07, 6.45) is 10.3. The summed E-state index contributed by atoms with van der Waals surface area (Å²) in [5.41, 5.74) is 0. The van der Waals surface area contributed by atoms with Crippen molar-refractivity contribution >= 4 is 45.5 Å². The molecule has 0 unspecified atom stereocenters. The smallest absolute Gasteiger partial charge is 0.293 e. The summed E-state index contributed by atoms with van der Waals surface area (Å²) in [7, 11) is 0. The molecule has 0 fully saturated rings. The van der Waals surface area contributed by atoms with Crippen LogP contribution in [0.25, 0.3) is 0 Å². The topological polar surface area (TPSA) is 0 Å². The Balaban J connectivity index is -0.000000107. The van der Waals surface area contributed by atoms with E-state index in [1.807, 2.05) is 26.0 Å². The van der Waals surface area contributed by atoms with Crippen LogP contribution in [0.1, 0.15) is 13.8 Å². The van der Waals surface area contributed by atoms with Crippen molar-refractivity contribution in [2.75, 3.05) is 0 Å². The molecule has 0 rings (SSSR count). The largest absolute Gasteiger partial charge is 2.00 e. The summed E-state index contributed by atoms with van der Waals surface area (Å²) in [4.78, 5) is 0. The summed E-state index contributed by atoms with van der Waals surface area (Å²) >= 11 is 0. The molecule has 0 aliphatic heterocycles. The SMILES string of the molecule is [CH-]=CC=CC.[CH-]=CC=CC.[Sr+2]. The van der Waals surface area contributed by atoms with Gasteiger partial charge in [0.25, 0.3) is 0 Å². The second-order valence-corrected chi connectivity index (χ2v) is 1.44. The van der Waals surface area contributed by atoms with Crippen LogP contribution in [0.15, 0.2) is 36.5 Å². The number of hydrogen-bond donors (Lipinski definition) is 0. The first-order valence-corrected chi connectivity index (χ1v) is 3.15. The molecular formula is C10H14Sr. The number of allylic oxidation sites excluding steroid dienone is 6. The van der Waals surface area contributed by atoms with Crippen molar-refractivity contribution in [3.05, 3.63) is 49.6 Å². The van der Waals surface area contributed by atoms with Crippen molar-refractivity contribution in [1.29, 1.82) is 0 Å². The molecule has 0 spiro atoms. The Morgan fingerprint density at radius 2 is 1.09 bits per heavy atom. The first-order chi connectivity index (χ1) is 4.83. The van der Waals surface area contributed by atoms with Gasteiger partial charge in [-0.05, 0) is 0 Å². The molecule has 0 aliphatic rings. The van der Waals surface area contributed by atoms with Crippen LogP contribution < -0.4 is 0 Å². The summed E-state index contributed by atoms with van der Waals surface area (Å²) in [5.74, 6) is 0. The normalized spacial score (nSPS) is 8.18. The minimum atomic E-state index is 0. The van der Waals surface area contributed by atoms with E-state index in [1.165, 1.54) is 12.2 Å². The molecule has 0 bridgehead atoms.